The standard InChI is InChI=1S/C16H29N9.BrH.2ClH/c1-2-3-10-25-15(19)14(13-20-25)21-22-16-23(8-4-6-17)11-12-24(16)9-5-7-18;;;/h11-13,19H,2-10,17-18H2,1H3;3*1H. The van der Waals surface area contributed by atoms with Crippen LogP contribution < -0.4 is 63.6 Å². The molecule has 0 unspecified atom stereocenters. The molecule has 9 nitrogen and oxygen atoms in total. The van der Waals surface area contributed by atoms with Crippen LogP contribution in [0.5, 0.6) is 0 Å². The Morgan fingerprint density at radius 1 is 1.11 bits per heavy atom. The van der Waals surface area contributed by atoms with Gasteiger partial charge in [-0.05, 0) is 6.42 Å². The van der Waals surface area contributed by atoms with Crippen molar-refractivity contribution in [3.05, 3.63) is 18.6 Å². The van der Waals surface area contributed by atoms with Crippen molar-refractivity contribution in [3.8, 4) is 0 Å². The Labute approximate surface area is 189 Å². The number of anilines is 1. The number of hydrogen-bond acceptors (Lipinski definition) is 4. The van der Waals surface area contributed by atoms with E-state index in [1.807, 2.05) is 12.4 Å². The maximum absolute atomic E-state index is 6.14. The van der Waals surface area contributed by atoms with E-state index >= 15 is 0 Å². The molecule has 0 bridgehead atoms. The molecule has 2 rings (SSSR count). The maximum Gasteiger partial charge on any atom is 0.421 e. The van der Waals surface area contributed by atoms with Crippen LogP contribution in [0.15, 0.2) is 28.8 Å². The van der Waals surface area contributed by atoms with Gasteiger partial charge in [-0.15, -0.1) is 0 Å². The molecule has 0 atom stereocenters. The Balaban J connectivity index is 0. The zero-order chi connectivity index (χ0) is 18.1. The summed E-state index contributed by atoms with van der Waals surface area (Å²) in [4.78, 5) is 0. The van der Waals surface area contributed by atoms with E-state index in [2.05, 4.69) is 42.9 Å². The van der Waals surface area contributed by atoms with Crippen molar-refractivity contribution in [1.29, 1.82) is 0 Å². The lowest BCUT2D eigenvalue weighted by Crippen LogP contribution is -3.00. The molecule has 0 saturated heterocycles. The number of nitrogens with zero attached hydrogens (tertiary/aromatic N) is 6. The van der Waals surface area contributed by atoms with Gasteiger partial charge >= 0.3 is 5.95 Å². The molecule has 0 fully saturated rings. The molecular formula is C16H32BrCl2N9. The molecule has 0 saturated carbocycles. The summed E-state index contributed by atoms with van der Waals surface area (Å²) in [5.41, 5.74) is 14.6. The topological polar surface area (TPSA) is 133 Å². The van der Waals surface area contributed by atoms with E-state index in [1.54, 1.807) is 10.9 Å². The third-order valence-corrected chi connectivity index (χ3v) is 4.07. The second kappa shape index (κ2) is 15.7. The third kappa shape index (κ3) is 8.04. The Hall–Kier alpha value is -1.20. The molecule has 2 aromatic heterocycles. The highest BCUT2D eigenvalue weighted by molar-refractivity contribution is 5.56. The van der Waals surface area contributed by atoms with E-state index in [0.717, 1.165) is 64.4 Å². The van der Waals surface area contributed by atoms with Crippen LogP contribution in [0.3, 0.4) is 0 Å². The number of halogens is 3. The molecule has 8 N–H and O–H groups in total. The first-order valence-electron chi connectivity index (χ1n) is 9.11. The number of unbranched alkanes of at least 4 members (excludes halogenated alkanes) is 1. The number of rotatable bonds is 11. The Morgan fingerprint density at radius 2 is 1.82 bits per heavy atom. The van der Waals surface area contributed by atoms with Crippen LogP contribution in [-0.2, 0) is 19.6 Å². The van der Waals surface area contributed by atoms with E-state index in [4.69, 9.17) is 5.73 Å². The fourth-order valence-electron chi connectivity index (χ4n) is 2.53. The smallest absolute Gasteiger partial charge is 0.421 e. The van der Waals surface area contributed by atoms with Gasteiger partial charge in [0.15, 0.2) is 11.5 Å². The van der Waals surface area contributed by atoms with E-state index in [9.17, 15) is 0 Å². The molecule has 28 heavy (non-hydrogen) atoms. The second-order valence-electron chi connectivity index (χ2n) is 6.09. The van der Waals surface area contributed by atoms with Crippen LogP contribution in [0.25, 0.3) is 0 Å². The highest BCUT2D eigenvalue weighted by Gasteiger charge is 2.18. The quantitative estimate of drug-likeness (QED) is 0.209. The van der Waals surface area contributed by atoms with E-state index in [0.29, 0.717) is 11.5 Å². The molecule has 0 aliphatic carbocycles. The molecule has 0 aliphatic rings. The van der Waals surface area contributed by atoms with Crippen LogP contribution in [-0.4, -0.2) is 27.4 Å². The lowest BCUT2D eigenvalue weighted by Gasteiger charge is -2.01. The SMILES string of the molecule is CCCCn1ncc(N=Nc2n(CCC[NH3+])cc[n+]2CCC[NH3+])c1N.[Br-].[Cl-].[Cl-]. The van der Waals surface area contributed by atoms with Gasteiger partial charge in [0.25, 0.3) is 0 Å². The van der Waals surface area contributed by atoms with Crippen molar-refractivity contribution in [1.82, 2.24) is 14.3 Å². The maximum atomic E-state index is 6.14. The van der Waals surface area contributed by atoms with Crippen molar-refractivity contribution < 1.29 is 57.8 Å². The highest BCUT2D eigenvalue weighted by atomic mass is 79.9. The van der Waals surface area contributed by atoms with Crippen LogP contribution >= 0.6 is 0 Å². The first-order chi connectivity index (χ1) is 12.2. The zero-order valence-electron chi connectivity index (χ0n) is 16.4. The zero-order valence-corrected chi connectivity index (χ0v) is 19.5. The number of aryl methyl sites for hydroxylation is 3. The Kier molecular flexibility index (Phi) is 16.3. The van der Waals surface area contributed by atoms with E-state index < -0.39 is 0 Å². The van der Waals surface area contributed by atoms with Gasteiger partial charge < -0.3 is 59.0 Å². The van der Waals surface area contributed by atoms with Crippen molar-refractivity contribution in [2.24, 2.45) is 10.2 Å². The molecule has 12 heteroatoms. The number of hydrogen-bond donors (Lipinski definition) is 3. The van der Waals surface area contributed by atoms with Crippen LogP contribution in [0.1, 0.15) is 32.6 Å². The van der Waals surface area contributed by atoms with Crippen LogP contribution in [0.4, 0.5) is 17.5 Å². The summed E-state index contributed by atoms with van der Waals surface area (Å²) in [6.07, 6.45) is 9.91. The number of azo groups is 1. The number of imidazole rings is 1. The van der Waals surface area contributed by atoms with Gasteiger partial charge in [-0.1, -0.05) is 18.5 Å². The van der Waals surface area contributed by atoms with E-state index in [-0.39, 0.29) is 41.8 Å². The lowest BCUT2D eigenvalue weighted by atomic mass is 10.3. The molecule has 2 heterocycles. The fraction of sp³-hybridized carbons (Fsp3) is 0.625. The van der Waals surface area contributed by atoms with Crippen LogP contribution in [0.2, 0.25) is 0 Å². The van der Waals surface area contributed by atoms with Crippen molar-refractivity contribution in [2.45, 2.75) is 52.2 Å². The number of quaternary nitrogens is 2. The normalized spacial score (nSPS) is 10.4. The Bertz CT molecular complexity index is 662. The van der Waals surface area contributed by atoms with Gasteiger partial charge in [0.2, 0.25) is 0 Å². The fourth-order valence-corrected chi connectivity index (χ4v) is 2.53. The molecule has 0 aliphatic heterocycles. The summed E-state index contributed by atoms with van der Waals surface area (Å²) in [6, 6.07) is 0. The second-order valence-corrected chi connectivity index (χ2v) is 6.09. The Morgan fingerprint density at radius 3 is 2.46 bits per heavy atom. The number of nitrogen functional groups attached to an aromatic ring is 1. The number of nitrogens with two attached hydrogens (primary N) is 1. The van der Waals surface area contributed by atoms with Gasteiger partial charge in [-0.25, -0.2) is 13.8 Å². The van der Waals surface area contributed by atoms with Gasteiger partial charge in [-0.3, -0.25) is 0 Å². The third-order valence-electron chi connectivity index (χ3n) is 4.07. The van der Waals surface area contributed by atoms with E-state index in [1.165, 1.54) is 0 Å². The molecule has 0 radical (unpaired) electrons. The summed E-state index contributed by atoms with van der Waals surface area (Å²) >= 11 is 0. The van der Waals surface area contributed by atoms with Gasteiger partial charge in [0.05, 0.1) is 44.8 Å². The van der Waals surface area contributed by atoms with Crippen molar-refractivity contribution >= 4 is 17.5 Å². The predicted molar refractivity (Wildman–Crippen MR) is 95.1 cm³/mol. The summed E-state index contributed by atoms with van der Waals surface area (Å²) in [5.74, 6) is 1.39. The van der Waals surface area contributed by atoms with Crippen molar-refractivity contribution in [2.75, 3.05) is 18.8 Å². The molecular weight excluding hydrogens is 469 g/mol. The van der Waals surface area contributed by atoms with Crippen LogP contribution in [0, 0.1) is 0 Å². The first-order valence-corrected chi connectivity index (χ1v) is 9.11. The minimum absolute atomic E-state index is 0. The summed E-state index contributed by atoms with van der Waals surface area (Å²) in [5, 5.41) is 13.1. The van der Waals surface area contributed by atoms with Crippen molar-refractivity contribution in [3.63, 3.8) is 0 Å². The largest absolute Gasteiger partial charge is 1.00 e. The summed E-state index contributed by atoms with van der Waals surface area (Å²) < 4.78 is 6.00. The highest BCUT2D eigenvalue weighted by Crippen LogP contribution is 2.23. The minimum atomic E-state index is 0. The molecule has 0 amide bonds. The minimum Gasteiger partial charge on any atom is -1.00 e. The molecule has 0 spiro atoms. The van der Waals surface area contributed by atoms with Gasteiger partial charge in [0.1, 0.15) is 0 Å². The summed E-state index contributed by atoms with van der Waals surface area (Å²) in [7, 11) is 0. The first kappa shape index (κ1) is 29.0. The summed E-state index contributed by atoms with van der Waals surface area (Å²) in [6.45, 7) is 6.49. The molecule has 0 aromatic carbocycles. The molecule has 162 valence electrons. The monoisotopic (exact) mass is 499 g/mol. The van der Waals surface area contributed by atoms with Gasteiger partial charge in [0, 0.05) is 24.5 Å². The number of aromatic nitrogens is 4. The molecule has 2 aromatic rings. The predicted octanol–water partition coefficient (Wildman–Crippen LogP) is -8.95. The average molecular weight is 501 g/mol. The van der Waals surface area contributed by atoms with Gasteiger partial charge in [-0.2, -0.15) is 5.10 Å². The average Bonchev–Trinajstić information content (AvgIpc) is 3.17. The lowest BCUT2D eigenvalue weighted by molar-refractivity contribution is -0.686.